The minimum atomic E-state index is -0.540. The summed E-state index contributed by atoms with van der Waals surface area (Å²) in [6.07, 6.45) is 0.136. The lowest BCUT2D eigenvalue weighted by Crippen LogP contribution is -2.45. The molecule has 8 heteroatoms. The molecule has 1 aliphatic rings. The van der Waals surface area contributed by atoms with Crippen molar-refractivity contribution in [2.45, 2.75) is 18.6 Å². The number of anilines is 1. The number of carbonyl (C=O) groups is 2. The molecule has 2 amide bonds. The molecular formula is C19H17ClIN3O2S. The molecule has 2 aromatic rings. The van der Waals surface area contributed by atoms with Gasteiger partial charge >= 0.3 is 0 Å². The lowest BCUT2D eigenvalue weighted by Gasteiger charge is -2.30. The Balaban J connectivity index is 1.80. The zero-order chi connectivity index (χ0) is 19.4. The van der Waals surface area contributed by atoms with Crippen molar-refractivity contribution in [3.8, 4) is 0 Å². The van der Waals surface area contributed by atoms with Crippen LogP contribution in [0.3, 0.4) is 0 Å². The van der Waals surface area contributed by atoms with E-state index in [4.69, 9.17) is 11.6 Å². The van der Waals surface area contributed by atoms with Crippen LogP contribution in [-0.2, 0) is 9.59 Å². The van der Waals surface area contributed by atoms with E-state index in [-0.39, 0.29) is 18.2 Å². The van der Waals surface area contributed by atoms with Crippen LogP contribution in [0.25, 0.3) is 0 Å². The molecule has 27 heavy (non-hydrogen) atoms. The summed E-state index contributed by atoms with van der Waals surface area (Å²) in [6.45, 7) is 2.41. The van der Waals surface area contributed by atoms with Crippen molar-refractivity contribution in [2.24, 2.45) is 4.99 Å². The molecule has 3 rings (SSSR count). The van der Waals surface area contributed by atoms with Gasteiger partial charge in [-0.25, -0.2) is 4.99 Å². The first-order valence-electron chi connectivity index (χ1n) is 8.34. The van der Waals surface area contributed by atoms with Gasteiger partial charge in [0.15, 0.2) is 5.17 Å². The fraction of sp³-hybridized carbons (Fsp3) is 0.211. The highest BCUT2D eigenvalue weighted by Crippen LogP contribution is 2.30. The van der Waals surface area contributed by atoms with E-state index in [1.165, 1.54) is 11.8 Å². The number of aliphatic imine (C=N–C) groups is 1. The normalized spacial score (nSPS) is 18.6. The number of hydrogen-bond acceptors (Lipinski definition) is 4. The SMILES string of the molecule is CCN1C(=O)CC(C(=O)Nc2cccc(Cl)c2)SC1=Nc1ccc(I)cc1. The van der Waals surface area contributed by atoms with Crippen LogP contribution < -0.4 is 5.32 Å². The van der Waals surface area contributed by atoms with Gasteiger partial charge in [0.05, 0.1) is 5.69 Å². The van der Waals surface area contributed by atoms with Gasteiger partial charge < -0.3 is 5.32 Å². The van der Waals surface area contributed by atoms with Gasteiger partial charge in [0.25, 0.3) is 0 Å². The second-order valence-corrected chi connectivity index (χ2v) is 8.67. The highest BCUT2D eigenvalue weighted by Gasteiger charge is 2.35. The molecule has 0 aromatic heterocycles. The maximum absolute atomic E-state index is 12.7. The molecule has 0 bridgehead atoms. The van der Waals surface area contributed by atoms with Crippen LogP contribution >= 0.6 is 46.0 Å². The van der Waals surface area contributed by atoms with Gasteiger partial charge in [-0.2, -0.15) is 0 Å². The Hall–Kier alpha value is -1.58. The molecule has 0 aliphatic carbocycles. The summed E-state index contributed by atoms with van der Waals surface area (Å²) in [7, 11) is 0. The Labute approximate surface area is 180 Å². The molecule has 1 saturated heterocycles. The summed E-state index contributed by atoms with van der Waals surface area (Å²) >= 11 is 9.50. The van der Waals surface area contributed by atoms with Crippen LogP contribution in [0.1, 0.15) is 13.3 Å². The number of amides is 2. The Morgan fingerprint density at radius 2 is 2.07 bits per heavy atom. The van der Waals surface area contributed by atoms with E-state index < -0.39 is 5.25 Å². The van der Waals surface area contributed by atoms with Crippen LogP contribution in [0.4, 0.5) is 11.4 Å². The smallest absolute Gasteiger partial charge is 0.238 e. The van der Waals surface area contributed by atoms with E-state index in [1.807, 2.05) is 31.2 Å². The molecule has 5 nitrogen and oxygen atoms in total. The maximum Gasteiger partial charge on any atom is 0.238 e. The first kappa shape index (κ1) is 20.2. The highest BCUT2D eigenvalue weighted by atomic mass is 127. The molecule has 0 saturated carbocycles. The first-order chi connectivity index (χ1) is 13.0. The molecule has 0 radical (unpaired) electrons. The number of halogens is 2. The number of hydrogen-bond donors (Lipinski definition) is 1. The Bertz CT molecular complexity index is 889. The van der Waals surface area contributed by atoms with Gasteiger partial charge in [-0.15, -0.1) is 0 Å². The van der Waals surface area contributed by atoms with Crippen molar-refractivity contribution < 1.29 is 9.59 Å². The van der Waals surface area contributed by atoms with Crippen LogP contribution in [0.5, 0.6) is 0 Å². The third kappa shape index (κ3) is 5.24. The molecule has 0 spiro atoms. The zero-order valence-electron chi connectivity index (χ0n) is 14.5. The number of rotatable bonds is 4. The minimum Gasteiger partial charge on any atom is -0.325 e. The van der Waals surface area contributed by atoms with E-state index in [2.05, 4.69) is 32.9 Å². The molecular weight excluding hydrogens is 497 g/mol. The zero-order valence-corrected chi connectivity index (χ0v) is 18.2. The summed E-state index contributed by atoms with van der Waals surface area (Å²) < 4.78 is 1.11. The van der Waals surface area contributed by atoms with Gasteiger partial charge in [-0.1, -0.05) is 29.4 Å². The standard InChI is InChI=1S/C19H17ClIN3O2S/c1-2-24-17(25)11-16(18(26)22-15-5-3-4-12(20)10-15)27-19(24)23-14-8-6-13(21)7-9-14/h3-10,16H,2,11H2,1H3,(H,22,26). The average molecular weight is 514 g/mol. The molecule has 2 aromatic carbocycles. The second kappa shape index (κ2) is 9.07. The van der Waals surface area contributed by atoms with Crippen molar-refractivity contribution in [3.63, 3.8) is 0 Å². The summed E-state index contributed by atoms with van der Waals surface area (Å²) in [5.41, 5.74) is 1.36. The summed E-state index contributed by atoms with van der Waals surface area (Å²) in [6, 6.07) is 14.6. The van der Waals surface area contributed by atoms with Crippen molar-refractivity contribution in [1.29, 1.82) is 0 Å². The highest BCUT2D eigenvalue weighted by molar-refractivity contribution is 14.1. The number of carbonyl (C=O) groups excluding carboxylic acids is 2. The van der Waals surface area contributed by atoms with Crippen molar-refractivity contribution >= 4 is 74.3 Å². The monoisotopic (exact) mass is 513 g/mol. The molecule has 1 atom stereocenters. The molecule has 1 unspecified atom stereocenters. The largest absolute Gasteiger partial charge is 0.325 e. The molecule has 1 aliphatic heterocycles. The van der Waals surface area contributed by atoms with Gasteiger partial charge in [-0.05, 0) is 72.0 Å². The van der Waals surface area contributed by atoms with Gasteiger partial charge in [0, 0.05) is 27.2 Å². The van der Waals surface area contributed by atoms with Crippen molar-refractivity contribution in [1.82, 2.24) is 4.90 Å². The molecule has 1 N–H and O–H groups in total. The minimum absolute atomic E-state index is 0.105. The Morgan fingerprint density at radius 3 is 2.74 bits per heavy atom. The Kier molecular flexibility index (Phi) is 6.78. The van der Waals surface area contributed by atoms with E-state index in [9.17, 15) is 9.59 Å². The van der Waals surface area contributed by atoms with Gasteiger partial charge in [-0.3, -0.25) is 14.5 Å². The lowest BCUT2D eigenvalue weighted by atomic mass is 10.2. The predicted molar refractivity (Wildman–Crippen MR) is 120 cm³/mol. The van der Waals surface area contributed by atoms with Crippen LogP contribution in [0, 0.1) is 3.57 Å². The summed E-state index contributed by atoms with van der Waals surface area (Å²) in [5.74, 6) is -0.339. The topological polar surface area (TPSA) is 61.8 Å². The Morgan fingerprint density at radius 1 is 1.33 bits per heavy atom. The van der Waals surface area contributed by atoms with E-state index >= 15 is 0 Å². The fourth-order valence-corrected chi connectivity index (χ4v) is 4.28. The molecule has 1 fully saturated rings. The van der Waals surface area contributed by atoms with E-state index in [0.29, 0.717) is 22.4 Å². The van der Waals surface area contributed by atoms with Crippen molar-refractivity contribution in [3.05, 3.63) is 57.1 Å². The van der Waals surface area contributed by atoms with E-state index in [1.54, 1.807) is 29.2 Å². The number of nitrogens with one attached hydrogen (secondary N) is 1. The molecule has 140 valence electrons. The number of thioether (sulfide) groups is 1. The third-order valence-electron chi connectivity index (χ3n) is 3.89. The predicted octanol–water partition coefficient (Wildman–Crippen LogP) is 4.92. The number of benzene rings is 2. The summed E-state index contributed by atoms with van der Waals surface area (Å²) in [5, 5.41) is 3.37. The van der Waals surface area contributed by atoms with Gasteiger partial charge in [0.2, 0.25) is 11.8 Å². The maximum atomic E-state index is 12.7. The quantitative estimate of drug-likeness (QED) is 0.590. The number of nitrogens with zero attached hydrogens (tertiary/aromatic N) is 2. The summed E-state index contributed by atoms with van der Waals surface area (Å²) in [4.78, 5) is 31.4. The molecule has 1 heterocycles. The average Bonchev–Trinajstić information content (AvgIpc) is 2.63. The van der Waals surface area contributed by atoms with Crippen molar-refractivity contribution in [2.75, 3.05) is 11.9 Å². The third-order valence-corrected chi connectivity index (χ3v) is 6.03. The fourth-order valence-electron chi connectivity index (χ4n) is 2.57. The second-order valence-electron chi connectivity index (χ2n) is 5.82. The number of amidine groups is 1. The van der Waals surface area contributed by atoms with Gasteiger partial charge in [0.1, 0.15) is 5.25 Å². The lowest BCUT2D eigenvalue weighted by molar-refractivity contribution is -0.129. The van der Waals surface area contributed by atoms with Crippen LogP contribution in [-0.4, -0.2) is 33.7 Å². The van der Waals surface area contributed by atoms with Crippen LogP contribution in [0.2, 0.25) is 5.02 Å². The van der Waals surface area contributed by atoms with E-state index in [0.717, 1.165) is 9.26 Å². The van der Waals surface area contributed by atoms with Crippen LogP contribution in [0.15, 0.2) is 53.5 Å². The first-order valence-corrected chi connectivity index (χ1v) is 10.7.